The lowest BCUT2D eigenvalue weighted by Gasteiger charge is -2.30. The molecule has 6 nitrogen and oxygen atoms in total. The molecule has 0 saturated carbocycles. The van der Waals surface area contributed by atoms with Crippen LogP contribution < -0.4 is 0 Å². The first-order chi connectivity index (χ1) is 15.8. The summed E-state index contributed by atoms with van der Waals surface area (Å²) in [4.78, 5) is 25.5. The van der Waals surface area contributed by atoms with Gasteiger partial charge < -0.3 is 18.9 Å². The molecule has 1 fully saturated rings. The van der Waals surface area contributed by atoms with Crippen LogP contribution in [0.1, 0.15) is 47.4 Å². The van der Waals surface area contributed by atoms with Gasteiger partial charge in [-0.05, 0) is 38.1 Å². The molecule has 0 aliphatic carbocycles. The average molecular weight is 451 g/mol. The van der Waals surface area contributed by atoms with E-state index in [1.165, 1.54) is 0 Å². The maximum absolute atomic E-state index is 12.8. The molecular formula is C27H30O6. The van der Waals surface area contributed by atoms with Gasteiger partial charge in [0.15, 0.2) is 5.79 Å². The van der Waals surface area contributed by atoms with Crippen molar-refractivity contribution in [1.29, 1.82) is 0 Å². The van der Waals surface area contributed by atoms with Crippen LogP contribution in [-0.4, -0.2) is 42.1 Å². The molecule has 3 rings (SSSR count). The average Bonchev–Trinajstić information content (AvgIpc) is 3.14. The number of rotatable bonds is 10. The fraction of sp³-hybridized carbons (Fsp3) is 0.333. The highest BCUT2D eigenvalue weighted by atomic mass is 16.8. The Balaban J connectivity index is 1.84. The van der Waals surface area contributed by atoms with Crippen LogP contribution in [0.2, 0.25) is 0 Å². The smallest absolute Gasteiger partial charge is 0.338 e. The van der Waals surface area contributed by atoms with Gasteiger partial charge in [-0.25, -0.2) is 9.59 Å². The van der Waals surface area contributed by atoms with Crippen molar-refractivity contribution < 1.29 is 28.5 Å². The zero-order valence-electron chi connectivity index (χ0n) is 19.0. The molecule has 1 aliphatic rings. The minimum absolute atomic E-state index is 0.340. The predicted molar refractivity (Wildman–Crippen MR) is 125 cm³/mol. The maximum Gasteiger partial charge on any atom is 0.338 e. The van der Waals surface area contributed by atoms with Gasteiger partial charge in [0.05, 0.1) is 11.1 Å². The topological polar surface area (TPSA) is 71.1 Å². The van der Waals surface area contributed by atoms with E-state index in [1.54, 1.807) is 74.5 Å². The molecule has 1 heterocycles. The quantitative estimate of drug-likeness (QED) is 0.370. The lowest BCUT2D eigenvalue weighted by Crippen LogP contribution is -2.45. The second-order valence-corrected chi connectivity index (χ2v) is 8.23. The fourth-order valence-corrected chi connectivity index (χ4v) is 3.78. The van der Waals surface area contributed by atoms with Gasteiger partial charge in [-0.1, -0.05) is 48.6 Å². The SMILES string of the molecule is C=CC[C@@H](OC(=O)c1ccccc1)[C@@H]1OC(C)(C)O[C@H]1[C@@H](CC=C)OC(=O)c1ccccc1. The van der Waals surface area contributed by atoms with Crippen molar-refractivity contribution in [1.82, 2.24) is 0 Å². The zero-order valence-corrected chi connectivity index (χ0v) is 19.0. The summed E-state index contributed by atoms with van der Waals surface area (Å²) in [6, 6.07) is 17.5. The molecule has 0 unspecified atom stereocenters. The van der Waals surface area contributed by atoms with Crippen LogP contribution in [-0.2, 0) is 18.9 Å². The van der Waals surface area contributed by atoms with Crippen LogP contribution >= 0.6 is 0 Å². The van der Waals surface area contributed by atoms with E-state index in [0.717, 1.165) is 0 Å². The molecule has 0 N–H and O–H groups in total. The molecule has 4 atom stereocenters. The van der Waals surface area contributed by atoms with Gasteiger partial charge in [0.2, 0.25) is 0 Å². The Bertz CT molecular complexity index is 876. The highest BCUT2D eigenvalue weighted by Gasteiger charge is 2.50. The molecule has 33 heavy (non-hydrogen) atoms. The summed E-state index contributed by atoms with van der Waals surface area (Å²) in [7, 11) is 0. The van der Waals surface area contributed by atoms with E-state index in [9.17, 15) is 9.59 Å². The van der Waals surface area contributed by atoms with Gasteiger partial charge >= 0.3 is 11.9 Å². The van der Waals surface area contributed by atoms with Gasteiger partial charge in [-0.2, -0.15) is 0 Å². The molecule has 2 aromatic carbocycles. The van der Waals surface area contributed by atoms with Crippen LogP contribution in [0.15, 0.2) is 86.0 Å². The molecule has 1 saturated heterocycles. The largest absolute Gasteiger partial charge is 0.456 e. The van der Waals surface area contributed by atoms with E-state index >= 15 is 0 Å². The van der Waals surface area contributed by atoms with Gasteiger partial charge in [0.1, 0.15) is 24.4 Å². The van der Waals surface area contributed by atoms with Crippen LogP contribution in [0.3, 0.4) is 0 Å². The number of carbonyl (C=O) groups excluding carboxylic acids is 2. The first kappa shape index (κ1) is 24.4. The number of carbonyl (C=O) groups is 2. The van der Waals surface area contributed by atoms with E-state index in [2.05, 4.69) is 13.2 Å². The minimum atomic E-state index is -0.966. The van der Waals surface area contributed by atoms with Crippen molar-refractivity contribution in [2.45, 2.75) is 56.9 Å². The lowest BCUT2D eigenvalue weighted by molar-refractivity contribution is -0.160. The van der Waals surface area contributed by atoms with E-state index in [4.69, 9.17) is 18.9 Å². The van der Waals surface area contributed by atoms with E-state index in [-0.39, 0.29) is 0 Å². The van der Waals surface area contributed by atoms with Crippen molar-refractivity contribution in [3.05, 3.63) is 97.1 Å². The number of benzene rings is 2. The van der Waals surface area contributed by atoms with Gasteiger partial charge in [-0.15, -0.1) is 13.2 Å². The summed E-state index contributed by atoms with van der Waals surface area (Å²) in [5.74, 6) is -1.92. The Hall–Kier alpha value is -3.22. The molecule has 1 aliphatic heterocycles. The molecule has 0 radical (unpaired) electrons. The van der Waals surface area contributed by atoms with Crippen molar-refractivity contribution in [3.63, 3.8) is 0 Å². The van der Waals surface area contributed by atoms with Crippen LogP contribution in [0.5, 0.6) is 0 Å². The Kier molecular flexibility index (Phi) is 8.20. The summed E-state index contributed by atoms with van der Waals surface area (Å²) in [5.41, 5.74) is 0.860. The summed E-state index contributed by atoms with van der Waals surface area (Å²) in [5, 5.41) is 0. The second kappa shape index (κ2) is 11.1. The molecule has 174 valence electrons. The highest BCUT2D eigenvalue weighted by molar-refractivity contribution is 5.90. The van der Waals surface area contributed by atoms with Crippen LogP contribution in [0.25, 0.3) is 0 Å². The normalized spacial score (nSPS) is 20.9. The summed E-state index contributed by atoms with van der Waals surface area (Å²) in [6.07, 6.45) is 1.26. The molecular weight excluding hydrogens is 420 g/mol. The fourth-order valence-electron chi connectivity index (χ4n) is 3.78. The van der Waals surface area contributed by atoms with Crippen molar-refractivity contribution in [2.24, 2.45) is 0 Å². The van der Waals surface area contributed by atoms with Crippen LogP contribution in [0, 0.1) is 0 Å². The molecule has 0 bridgehead atoms. The van der Waals surface area contributed by atoms with Crippen molar-refractivity contribution in [2.75, 3.05) is 0 Å². The first-order valence-corrected chi connectivity index (χ1v) is 10.9. The van der Waals surface area contributed by atoms with Crippen LogP contribution in [0.4, 0.5) is 0 Å². The summed E-state index contributed by atoms with van der Waals surface area (Å²) >= 11 is 0. The van der Waals surface area contributed by atoms with Gasteiger partial charge in [-0.3, -0.25) is 0 Å². The minimum Gasteiger partial charge on any atom is -0.456 e. The zero-order chi connectivity index (χ0) is 23.8. The second-order valence-electron chi connectivity index (χ2n) is 8.23. The molecule has 0 spiro atoms. The number of hydrogen-bond donors (Lipinski definition) is 0. The lowest BCUT2D eigenvalue weighted by atomic mass is 9.98. The molecule has 0 amide bonds. The number of hydrogen-bond acceptors (Lipinski definition) is 6. The Morgan fingerprint density at radius 3 is 1.52 bits per heavy atom. The number of ether oxygens (including phenoxy) is 4. The maximum atomic E-state index is 12.8. The monoisotopic (exact) mass is 450 g/mol. The van der Waals surface area contributed by atoms with Gasteiger partial charge in [0, 0.05) is 12.8 Å². The standard InChI is InChI=1S/C27H30O6/c1-5-13-21(30-25(28)19-15-9-7-10-16-19)23-24(33-27(3,4)32-23)22(14-6-2)31-26(29)20-17-11-8-12-18-20/h5-12,15-18,21-24H,1-2,13-14H2,3-4H3/t21-,22-,23+,24+/m1/s1. The molecule has 0 aromatic heterocycles. The van der Waals surface area contributed by atoms with Gasteiger partial charge in [0.25, 0.3) is 0 Å². The van der Waals surface area contributed by atoms with Crippen molar-refractivity contribution >= 4 is 11.9 Å². The summed E-state index contributed by atoms with van der Waals surface area (Å²) < 4.78 is 24.0. The van der Waals surface area contributed by atoms with E-state index in [1.807, 2.05) is 12.1 Å². The molecule has 6 heteroatoms. The Morgan fingerprint density at radius 1 is 0.818 bits per heavy atom. The number of esters is 2. The first-order valence-electron chi connectivity index (χ1n) is 10.9. The van der Waals surface area contributed by atoms with E-state index in [0.29, 0.717) is 24.0 Å². The Labute approximate surface area is 194 Å². The molecule has 2 aromatic rings. The van der Waals surface area contributed by atoms with E-state index < -0.39 is 42.1 Å². The third kappa shape index (κ3) is 6.40. The predicted octanol–water partition coefficient (Wildman–Crippen LogP) is 5.11. The highest BCUT2D eigenvalue weighted by Crippen LogP contribution is 2.36. The Morgan fingerprint density at radius 2 is 1.18 bits per heavy atom. The third-order valence-electron chi connectivity index (χ3n) is 5.23. The van der Waals surface area contributed by atoms with Crippen molar-refractivity contribution in [3.8, 4) is 0 Å². The summed E-state index contributed by atoms with van der Waals surface area (Å²) in [6.45, 7) is 11.1. The third-order valence-corrected chi connectivity index (χ3v) is 5.23.